The fourth-order valence-electron chi connectivity index (χ4n) is 5.91. The molecule has 4 aromatic rings. The summed E-state index contributed by atoms with van der Waals surface area (Å²) in [5, 5.41) is 25.2. The molecule has 12 heteroatoms. The summed E-state index contributed by atoms with van der Waals surface area (Å²) in [6.45, 7) is 2.60. The van der Waals surface area contributed by atoms with Crippen molar-refractivity contribution >= 4 is 21.6 Å². The summed E-state index contributed by atoms with van der Waals surface area (Å²) in [6, 6.07) is 31.8. The molecule has 0 aliphatic carbocycles. The zero-order valence-electron chi connectivity index (χ0n) is 27.7. The van der Waals surface area contributed by atoms with Crippen LogP contribution in [0.15, 0.2) is 114 Å². The van der Waals surface area contributed by atoms with Crippen LogP contribution in [0, 0.1) is 5.92 Å². The number of aliphatic hydroxyl groups excluding tert-OH is 2. The topological polar surface area (TPSA) is 141 Å². The molecule has 5 rings (SSSR count). The number of ether oxygens (including phenoxy) is 1. The van der Waals surface area contributed by atoms with Crippen LogP contribution in [0.2, 0.25) is 0 Å². The normalized spacial score (nSPS) is 18.6. The van der Waals surface area contributed by atoms with E-state index in [4.69, 9.17) is 9.57 Å². The number of benzene rings is 4. The zero-order chi connectivity index (χ0) is 34.8. The molecular weight excluding hydrogens is 644 g/mol. The molecule has 0 saturated carbocycles. The average molecular weight is 689 g/mol. The Labute approximate surface area is 288 Å². The summed E-state index contributed by atoms with van der Waals surface area (Å²) < 4.78 is 34.5. The lowest BCUT2D eigenvalue weighted by Gasteiger charge is -2.27. The van der Waals surface area contributed by atoms with Gasteiger partial charge in [-0.1, -0.05) is 60.7 Å². The number of rotatable bonds is 16. The lowest BCUT2D eigenvalue weighted by Crippen LogP contribution is -2.49. The highest BCUT2D eigenvalue weighted by atomic mass is 32.2. The molecule has 0 spiro atoms. The van der Waals surface area contributed by atoms with Crippen LogP contribution >= 0.6 is 0 Å². The number of carbonyl (C=O) groups excluding carboxylic acids is 1. The van der Waals surface area contributed by atoms with Crippen LogP contribution in [-0.4, -0.2) is 74.6 Å². The number of hydroxylamine groups is 2. The van der Waals surface area contributed by atoms with Crippen molar-refractivity contribution in [3.63, 3.8) is 0 Å². The van der Waals surface area contributed by atoms with E-state index in [-0.39, 0.29) is 30.5 Å². The number of hydrogen-bond acceptors (Lipinski definition) is 9. The second-order valence-corrected chi connectivity index (χ2v) is 13.9. The predicted octanol–water partition coefficient (Wildman–Crippen LogP) is 4.07. The molecule has 4 atom stereocenters. The van der Waals surface area contributed by atoms with Gasteiger partial charge < -0.3 is 25.2 Å². The third-order valence-electron chi connectivity index (χ3n) is 8.46. The average Bonchev–Trinajstić information content (AvgIpc) is 3.49. The predicted molar refractivity (Wildman–Crippen MR) is 187 cm³/mol. The third kappa shape index (κ3) is 9.66. The van der Waals surface area contributed by atoms with Crippen LogP contribution in [0.3, 0.4) is 0 Å². The van der Waals surface area contributed by atoms with Gasteiger partial charge in [0.15, 0.2) is 0 Å². The maximum Gasteiger partial charge on any atom is 0.240 e. The van der Waals surface area contributed by atoms with Crippen LogP contribution in [0.4, 0.5) is 5.69 Å². The molecule has 0 unspecified atom stereocenters. The number of nitrogens with zero attached hydrogens (tertiary/aromatic N) is 2. The third-order valence-corrected chi connectivity index (χ3v) is 9.87. The summed E-state index contributed by atoms with van der Waals surface area (Å²) in [5.74, 6) is 0.217. The lowest BCUT2D eigenvalue weighted by atomic mass is 9.89. The number of anilines is 1. The van der Waals surface area contributed by atoms with Gasteiger partial charge in [0.25, 0.3) is 0 Å². The minimum absolute atomic E-state index is 0.0379. The second kappa shape index (κ2) is 16.9. The van der Waals surface area contributed by atoms with Gasteiger partial charge >= 0.3 is 0 Å². The van der Waals surface area contributed by atoms with Gasteiger partial charge in [0, 0.05) is 38.3 Å². The van der Waals surface area contributed by atoms with E-state index in [0.717, 1.165) is 17.8 Å². The van der Waals surface area contributed by atoms with E-state index >= 15 is 0 Å². The van der Waals surface area contributed by atoms with Gasteiger partial charge in [-0.25, -0.2) is 13.1 Å². The number of hydrogen-bond donors (Lipinski definition) is 4. The molecule has 1 amide bonds. The number of sulfonamides is 1. The number of amides is 1. The monoisotopic (exact) mass is 688 g/mol. The molecule has 260 valence electrons. The van der Waals surface area contributed by atoms with Crippen molar-refractivity contribution in [3.8, 4) is 11.5 Å². The quantitative estimate of drug-likeness (QED) is 0.128. The summed E-state index contributed by atoms with van der Waals surface area (Å²) in [4.78, 5) is 21.8. The molecule has 0 radical (unpaired) electrons. The molecule has 1 fully saturated rings. The summed E-state index contributed by atoms with van der Waals surface area (Å²) in [5.41, 5.74) is 2.56. The molecular formula is C37H44N4O7S. The number of para-hydroxylation sites is 2. The Bertz CT molecular complexity index is 1740. The smallest absolute Gasteiger partial charge is 0.240 e. The Hall–Kier alpha value is -4.30. The summed E-state index contributed by atoms with van der Waals surface area (Å²) in [6.07, 6.45) is -0.974. The van der Waals surface area contributed by atoms with E-state index in [0.29, 0.717) is 30.0 Å². The number of nitrogens with one attached hydrogen (secondary N) is 2. The van der Waals surface area contributed by atoms with Crippen LogP contribution in [0.25, 0.3) is 0 Å². The molecule has 0 bridgehead atoms. The number of aliphatic hydroxyl groups is 2. The van der Waals surface area contributed by atoms with E-state index in [1.807, 2.05) is 79.8 Å². The molecule has 4 aromatic carbocycles. The minimum atomic E-state index is -3.82. The van der Waals surface area contributed by atoms with Crippen molar-refractivity contribution in [3.05, 3.63) is 120 Å². The van der Waals surface area contributed by atoms with Crippen molar-refractivity contribution in [2.45, 2.75) is 49.6 Å². The van der Waals surface area contributed by atoms with E-state index in [1.165, 1.54) is 17.2 Å². The molecule has 1 saturated heterocycles. The maximum atomic E-state index is 13.5. The zero-order valence-corrected chi connectivity index (χ0v) is 28.5. The first kappa shape index (κ1) is 36.0. The van der Waals surface area contributed by atoms with Crippen molar-refractivity contribution in [1.82, 2.24) is 15.1 Å². The van der Waals surface area contributed by atoms with Crippen molar-refractivity contribution in [1.29, 1.82) is 0 Å². The van der Waals surface area contributed by atoms with Crippen molar-refractivity contribution < 1.29 is 33.0 Å². The van der Waals surface area contributed by atoms with Gasteiger partial charge in [0.1, 0.15) is 23.6 Å². The van der Waals surface area contributed by atoms with Crippen LogP contribution in [-0.2, 0) is 32.7 Å². The fourth-order valence-corrected chi connectivity index (χ4v) is 6.93. The van der Waals surface area contributed by atoms with Gasteiger partial charge in [0.2, 0.25) is 15.9 Å². The van der Waals surface area contributed by atoms with Gasteiger partial charge in [0.05, 0.1) is 24.2 Å². The highest BCUT2D eigenvalue weighted by Gasteiger charge is 2.49. The first-order valence-electron chi connectivity index (χ1n) is 16.3. The molecule has 1 heterocycles. The van der Waals surface area contributed by atoms with Crippen LogP contribution in [0.5, 0.6) is 11.5 Å². The van der Waals surface area contributed by atoms with Gasteiger partial charge in [-0.2, -0.15) is 5.06 Å². The summed E-state index contributed by atoms with van der Waals surface area (Å²) in [7, 11) is -1.82. The van der Waals surface area contributed by atoms with Gasteiger partial charge in [-0.15, -0.1) is 0 Å². The fraction of sp³-hybridized carbons (Fsp3) is 0.324. The lowest BCUT2D eigenvalue weighted by molar-refractivity contribution is -0.181. The molecule has 1 aliphatic rings. The first-order chi connectivity index (χ1) is 23.6. The molecule has 4 N–H and O–H groups in total. The second-order valence-electron chi connectivity index (χ2n) is 12.1. The molecule has 0 aromatic heterocycles. The summed E-state index contributed by atoms with van der Waals surface area (Å²) >= 11 is 0. The van der Waals surface area contributed by atoms with E-state index in [2.05, 4.69) is 14.9 Å². The highest BCUT2D eigenvalue weighted by Crippen LogP contribution is 2.32. The highest BCUT2D eigenvalue weighted by molar-refractivity contribution is 7.89. The molecule has 11 nitrogen and oxygen atoms in total. The van der Waals surface area contributed by atoms with Crippen molar-refractivity contribution in [2.24, 2.45) is 5.92 Å². The maximum absolute atomic E-state index is 13.5. The van der Waals surface area contributed by atoms with Crippen LogP contribution in [0.1, 0.15) is 24.5 Å². The Balaban J connectivity index is 1.19. The molecule has 49 heavy (non-hydrogen) atoms. The van der Waals surface area contributed by atoms with Crippen LogP contribution < -0.4 is 19.7 Å². The van der Waals surface area contributed by atoms with Gasteiger partial charge in [-0.3, -0.25) is 9.63 Å². The Morgan fingerprint density at radius 2 is 1.59 bits per heavy atom. The Morgan fingerprint density at radius 1 is 0.939 bits per heavy atom. The Kier molecular flexibility index (Phi) is 12.4. The standard InChI is InChI=1S/C37H44N4O7S/c1-27(43)35-34(26-42)48-41(36(35)37(44)38-21-10-22-40(2)30-13-5-3-6-14-30)25-29-12-9-11-28(23-29)24-39-49(45,46)33-19-17-32(18-20-33)47-31-15-7-4-8-16-31/h3-9,11-20,23,27,34-36,39,42-43H,10,21-22,24-26H2,1-2H3,(H,38,44)/t27-,34-,35+,36-/m1/s1. The molecule has 1 aliphatic heterocycles. The van der Waals surface area contributed by atoms with Crippen molar-refractivity contribution in [2.75, 3.05) is 31.6 Å². The van der Waals surface area contributed by atoms with Gasteiger partial charge in [-0.05, 0) is 73.0 Å². The minimum Gasteiger partial charge on any atom is -0.457 e. The number of carbonyl (C=O) groups is 1. The Morgan fingerprint density at radius 3 is 2.27 bits per heavy atom. The van der Waals surface area contributed by atoms with E-state index in [9.17, 15) is 23.4 Å². The largest absolute Gasteiger partial charge is 0.457 e. The van der Waals surface area contributed by atoms with E-state index < -0.39 is 34.2 Å². The first-order valence-corrected chi connectivity index (χ1v) is 17.8. The van der Waals surface area contributed by atoms with E-state index in [1.54, 1.807) is 31.2 Å². The SMILES string of the molecule is C[C@@H](O)[C@H]1[C@@H](CO)ON(Cc2cccc(CNS(=O)(=O)c3ccc(Oc4ccccc4)cc3)c2)[C@H]1C(=O)NCCCN(C)c1ccccc1.